The lowest BCUT2D eigenvalue weighted by molar-refractivity contribution is -0.174. The minimum atomic E-state index is -6.46. The van der Waals surface area contributed by atoms with Gasteiger partial charge in [-0.25, -0.2) is 0 Å². The van der Waals surface area contributed by atoms with E-state index >= 15 is 0 Å². The fourth-order valence-corrected chi connectivity index (χ4v) is 4.35. The molecule has 3 aromatic rings. The van der Waals surface area contributed by atoms with Gasteiger partial charge in [0.25, 0.3) is 0 Å². The van der Waals surface area contributed by atoms with E-state index in [2.05, 4.69) is 0 Å². The SMILES string of the molecule is Nc1c(N(c2ccccc2)c2cc(C(F)(F)F)c(C(F)(F)F)c(C(F)(F)F)c2N)cc(C(F)(F)F)c(C(F)(F)F)c1C(F)(F)F. The van der Waals surface area contributed by atoms with Crippen molar-refractivity contribution in [3.8, 4) is 0 Å². The van der Waals surface area contributed by atoms with Crippen molar-refractivity contribution < 1.29 is 79.0 Å². The molecular weight excluding hydrogens is 672 g/mol. The van der Waals surface area contributed by atoms with Crippen LogP contribution in [0.15, 0.2) is 42.5 Å². The summed E-state index contributed by atoms with van der Waals surface area (Å²) in [6.45, 7) is 0. The Bertz CT molecular complexity index is 1470. The van der Waals surface area contributed by atoms with E-state index in [9.17, 15) is 79.0 Å². The fourth-order valence-electron chi connectivity index (χ4n) is 4.35. The van der Waals surface area contributed by atoms with Crippen molar-refractivity contribution in [2.24, 2.45) is 0 Å². The van der Waals surface area contributed by atoms with Gasteiger partial charge in [0.15, 0.2) is 0 Å². The minimum Gasteiger partial charge on any atom is -0.397 e. The molecule has 0 aromatic heterocycles. The molecule has 0 bridgehead atoms. The number of nitrogens with zero attached hydrogens (tertiary/aromatic N) is 1. The Morgan fingerprint density at radius 2 is 0.689 bits per heavy atom. The maximum atomic E-state index is 13.9. The zero-order valence-electron chi connectivity index (χ0n) is 20.9. The normalized spacial score (nSPS) is 13.7. The number of alkyl halides is 18. The van der Waals surface area contributed by atoms with Gasteiger partial charge in [-0.2, -0.15) is 79.0 Å². The molecule has 3 rings (SSSR count). The first-order chi connectivity index (χ1) is 20.0. The standard InChI is InChI=1S/C24H11F18N3/c25-19(26,27)9-6-11(17(43)15(23(37,38)39)13(9)21(31,32)33)45(8-4-2-1-3-5-8)12-7-10(20(28,29)30)14(22(34,35)36)16(18(12)44)24(40,41)42/h1-7H,43-44H2. The average molecular weight is 683 g/mol. The topological polar surface area (TPSA) is 55.3 Å². The first-order valence-electron chi connectivity index (χ1n) is 11.2. The summed E-state index contributed by atoms with van der Waals surface area (Å²) in [7, 11) is 0. The molecule has 0 unspecified atom stereocenters. The Hall–Kier alpha value is -4.20. The van der Waals surface area contributed by atoms with E-state index in [-0.39, 0.29) is 4.90 Å². The molecule has 4 N–H and O–H groups in total. The predicted molar refractivity (Wildman–Crippen MR) is 120 cm³/mol. The van der Waals surface area contributed by atoms with Gasteiger partial charge in [-0.1, -0.05) is 18.2 Å². The second kappa shape index (κ2) is 10.7. The number of hydrogen-bond acceptors (Lipinski definition) is 3. The summed E-state index contributed by atoms with van der Waals surface area (Å²) in [6.07, 6.45) is -38.4. The molecule has 0 amide bonds. The lowest BCUT2D eigenvalue weighted by Crippen LogP contribution is -2.28. The zero-order chi connectivity index (χ0) is 34.9. The number of halogens is 18. The van der Waals surface area contributed by atoms with Crippen LogP contribution in [-0.4, -0.2) is 0 Å². The van der Waals surface area contributed by atoms with Crippen LogP contribution in [-0.2, 0) is 37.1 Å². The molecule has 0 heterocycles. The predicted octanol–water partition coefficient (Wildman–Crippen LogP) is 10.4. The molecule has 0 atom stereocenters. The highest BCUT2D eigenvalue weighted by atomic mass is 19.4. The van der Waals surface area contributed by atoms with Crippen LogP contribution >= 0.6 is 0 Å². The van der Waals surface area contributed by atoms with Crippen LogP contribution in [0.1, 0.15) is 33.4 Å². The number of benzene rings is 3. The number of hydrogen-bond donors (Lipinski definition) is 2. The number of nitrogens with two attached hydrogens (primary N) is 2. The molecule has 0 saturated carbocycles. The molecule has 0 fully saturated rings. The van der Waals surface area contributed by atoms with Gasteiger partial charge in [0.1, 0.15) is 0 Å². The smallest absolute Gasteiger partial charge is 0.397 e. The summed E-state index contributed by atoms with van der Waals surface area (Å²) in [4.78, 5) is -0.389. The maximum Gasteiger partial charge on any atom is 0.419 e. The molecule has 3 nitrogen and oxygen atoms in total. The molecule has 0 aliphatic rings. The maximum absolute atomic E-state index is 13.9. The summed E-state index contributed by atoms with van der Waals surface area (Å²) >= 11 is 0. The summed E-state index contributed by atoms with van der Waals surface area (Å²) in [5.41, 5.74) is -18.7. The number of nitrogen functional groups attached to an aromatic ring is 2. The molecule has 0 radical (unpaired) electrons. The highest BCUT2D eigenvalue weighted by Crippen LogP contribution is 2.57. The van der Waals surface area contributed by atoms with Gasteiger partial charge < -0.3 is 16.4 Å². The Kier molecular flexibility index (Phi) is 8.40. The second-order valence-electron chi connectivity index (χ2n) is 8.87. The van der Waals surface area contributed by atoms with Gasteiger partial charge in [-0.05, 0) is 24.3 Å². The average Bonchev–Trinajstić information content (AvgIpc) is 2.81. The van der Waals surface area contributed by atoms with E-state index in [1.54, 1.807) is 0 Å². The van der Waals surface area contributed by atoms with Gasteiger partial charge in [-0.15, -0.1) is 0 Å². The molecule has 0 aliphatic carbocycles. The molecule has 45 heavy (non-hydrogen) atoms. The lowest BCUT2D eigenvalue weighted by Gasteiger charge is -2.33. The van der Waals surface area contributed by atoms with Gasteiger partial charge in [0.2, 0.25) is 0 Å². The summed E-state index contributed by atoms with van der Waals surface area (Å²) in [5, 5.41) is 0. The van der Waals surface area contributed by atoms with E-state index in [1.165, 1.54) is 0 Å². The van der Waals surface area contributed by atoms with Crippen LogP contribution < -0.4 is 16.4 Å². The first kappa shape index (κ1) is 35.3. The number of rotatable bonds is 3. The van der Waals surface area contributed by atoms with Crippen molar-refractivity contribution in [2.45, 2.75) is 37.1 Å². The Labute approximate surface area is 237 Å². The molecule has 0 spiro atoms. The quantitative estimate of drug-likeness (QED) is 0.214. The van der Waals surface area contributed by atoms with Gasteiger partial charge in [-0.3, -0.25) is 0 Å². The van der Waals surface area contributed by atoms with Crippen LogP contribution in [0.3, 0.4) is 0 Å². The molecule has 0 saturated heterocycles. The van der Waals surface area contributed by atoms with Crippen LogP contribution in [0.25, 0.3) is 0 Å². The third-order valence-electron chi connectivity index (χ3n) is 5.93. The van der Waals surface area contributed by atoms with Crippen molar-refractivity contribution in [3.05, 3.63) is 75.8 Å². The Balaban J connectivity index is 2.76. The van der Waals surface area contributed by atoms with E-state index in [4.69, 9.17) is 11.5 Å². The minimum absolute atomic E-state index is 0.389. The molecule has 0 aliphatic heterocycles. The number of para-hydroxylation sites is 1. The second-order valence-corrected chi connectivity index (χ2v) is 8.87. The van der Waals surface area contributed by atoms with Crippen molar-refractivity contribution in [3.63, 3.8) is 0 Å². The third kappa shape index (κ3) is 6.75. The first-order valence-corrected chi connectivity index (χ1v) is 11.2. The van der Waals surface area contributed by atoms with E-state index in [0.29, 0.717) is 12.1 Å². The van der Waals surface area contributed by atoms with Gasteiger partial charge >= 0.3 is 37.1 Å². The van der Waals surface area contributed by atoms with Gasteiger partial charge in [0, 0.05) is 5.69 Å². The highest BCUT2D eigenvalue weighted by Gasteiger charge is 2.54. The molecule has 21 heteroatoms. The van der Waals surface area contributed by atoms with E-state index in [1.807, 2.05) is 0 Å². The van der Waals surface area contributed by atoms with Crippen LogP contribution in [0.5, 0.6) is 0 Å². The molecule has 248 valence electrons. The third-order valence-corrected chi connectivity index (χ3v) is 5.93. The molecular formula is C24H11F18N3. The number of anilines is 5. The van der Waals surface area contributed by atoms with Crippen LogP contribution in [0.4, 0.5) is 107 Å². The monoisotopic (exact) mass is 683 g/mol. The fraction of sp³-hybridized carbons (Fsp3) is 0.250. The van der Waals surface area contributed by atoms with Crippen molar-refractivity contribution in [2.75, 3.05) is 16.4 Å². The Morgan fingerprint density at radius 3 is 0.933 bits per heavy atom. The highest BCUT2D eigenvalue weighted by molar-refractivity contribution is 5.92. The summed E-state index contributed by atoms with van der Waals surface area (Å²) in [5.74, 6) is 0. The van der Waals surface area contributed by atoms with Crippen molar-refractivity contribution in [1.82, 2.24) is 0 Å². The summed E-state index contributed by atoms with van der Waals surface area (Å²) in [6, 6.07) is 2.44. The van der Waals surface area contributed by atoms with Gasteiger partial charge in [0.05, 0.1) is 56.1 Å². The zero-order valence-corrected chi connectivity index (χ0v) is 20.9. The summed E-state index contributed by atoms with van der Waals surface area (Å²) < 4.78 is 249. The largest absolute Gasteiger partial charge is 0.419 e. The van der Waals surface area contributed by atoms with Crippen LogP contribution in [0.2, 0.25) is 0 Å². The van der Waals surface area contributed by atoms with E-state index in [0.717, 1.165) is 18.2 Å². The Morgan fingerprint density at radius 1 is 0.400 bits per heavy atom. The van der Waals surface area contributed by atoms with Crippen LogP contribution in [0, 0.1) is 0 Å². The lowest BCUT2D eigenvalue weighted by atomic mass is 9.93. The molecule has 3 aromatic carbocycles. The van der Waals surface area contributed by atoms with Crippen molar-refractivity contribution in [1.29, 1.82) is 0 Å². The van der Waals surface area contributed by atoms with E-state index < -0.39 is 111 Å². The van der Waals surface area contributed by atoms with Crippen molar-refractivity contribution >= 4 is 28.4 Å².